The van der Waals surface area contributed by atoms with Crippen molar-refractivity contribution in [1.82, 2.24) is 20.4 Å². The third-order valence-electron chi connectivity index (χ3n) is 4.05. The SMILES string of the molecule is Cc1ccc(C(O)CNC(=O)NCc2cccc(-n3cccn3)c2)cc1. The van der Waals surface area contributed by atoms with Crippen molar-refractivity contribution in [3.05, 3.63) is 83.7 Å². The molecular formula is C20H22N4O2. The molecule has 0 bridgehead atoms. The van der Waals surface area contributed by atoms with Gasteiger partial charge in [0, 0.05) is 25.5 Å². The van der Waals surface area contributed by atoms with E-state index in [0.29, 0.717) is 6.54 Å². The number of hydrogen-bond donors (Lipinski definition) is 3. The van der Waals surface area contributed by atoms with E-state index in [4.69, 9.17) is 0 Å². The molecule has 1 heterocycles. The van der Waals surface area contributed by atoms with E-state index in [1.165, 1.54) is 0 Å². The fraction of sp³-hybridized carbons (Fsp3) is 0.200. The number of carbonyl (C=O) groups excluding carboxylic acids is 1. The van der Waals surface area contributed by atoms with E-state index in [1.807, 2.05) is 67.7 Å². The lowest BCUT2D eigenvalue weighted by atomic mass is 10.1. The number of nitrogens with one attached hydrogen (secondary N) is 2. The summed E-state index contributed by atoms with van der Waals surface area (Å²) in [5, 5.41) is 19.8. The molecule has 1 aromatic heterocycles. The average Bonchev–Trinajstić information content (AvgIpc) is 3.20. The highest BCUT2D eigenvalue weighted by Gasteiger charge is 2.09. The van der Waals surface area contributed by atoms with E-state index in [-0.39, 0.29) is 12.6 Å². The van der Waals surface area contributed by atoms with Gasteiger partial charge in [0.1, 0.15) is 0 Å². The molecule has 6 heteroatoms. The van der Waals surface area contributed by atoms with Crippen molar-refractivity contribution in [3.63, 3.8) is 0 Å². The molecule has 3 rings (SSSR count). The zero-order valence-electron chi connectivity index (χ0n) is 14.6. The quantitative estimate of drug-likeness (QED) is 0.639. The van der Waals surface area contributed by atoms with Gasteiger partial charge in [0.05, 0.1) is 11.8 Å². The minimum Gasteiger partial charge on any atom is -0.387 e. The fourth-order valence-electron chi connectivity index (χ4n) is 2.57. The van der Waals surface area contributed by atoms with Crippen LogP contribution in [0.1, 0.15) is 22.8 Å². The lowest BCUT2D eigenvalue weighted by Gasteiger charge is -2.13. The van der Waals surface area contributed by atoms with Crippen molar-refractivity contribution >= 4 is 6.03 Å². The van der Waals surface area contributed by atoms with Crippen LogP contribution < -0.4 is 10.6 Å². The van der Waals surface area contributed by atoms with E-state index in [0.717, 1.165) is 22.4 Å². The van der Waals surface area contributed by atoms with Crippen LogP contribution in [0.4, 0.5) is 4.79 Å². The third kappa shape index (κ3) is 4.70. The smallest absolute Gasteiger partial charge is 0.315 e. The molecule has 2 aromatic carbocycles. The predicted octanol–water partition coefficient (Wildman–Crippen LogP) is 2.71. The average molecular weight is 350 g/mol. The molecule has 0 aliphatic rings. The van der Waals surface area contributed by atoms with Gasteiger partial charge in [-0.1, -0.05) is 42.0 Å². The number of aryl methyl sites for hydroxylation is 1. The van der Waals surface area contributed by atoms with Crippen LogP contribution in [0.2, 0.25) is 0 Å². The van der Waals surface area contributed by atoms with E-state index in [2.05, 4.69) is 15.7 Å². The molecule has 2 amide bonds. The number of hydrogen-bond acceptors (Lipinski definition) is 3. The second-order valence-electron chi connectivity index (χ2n) is 6.11. The summed E-state index contributed by atoms with van der Waals surface area (Å²) in [6.45, 7) is 2.53. The van der Waals surface area contributed by atoms with Crippen molar-refractivity contribution in [2.24, 2.45) is 0 Å². The van der Waals surface area contributed by atoms with Crippen molar-refractivity contribution in [3.8, 4) is 5.69 Å². The summed E-state index contributed by atoms with van der Waals surface area (Å²) in [7, 11) is 0. The molecule has 134 valence electrons. The zero-order chi connectivity index (χ0) is 18.4. The van der Waals surface area contributed by atoms with Crippen LogP contribution in [0.15, 0.2) is 67.0 Å². The number of aliphatic hydroxyl groups is 1. The molecule has 3 aromatic rings. The van der Waals surface area contributed by atoms with E-state index in [9.17, 15) is 9.90 Å². The van der Waals surface area contributed by atoms with Gasteiger partial charge < -0.3 is 15.7 Å². The molecule has 0 fully saturated rings. The standard InChI is InChI=1S/C20H22N4O2/c1-15-6-8-17(9-7-15)19(25)14-22-20(26)21-13-16-4-2-5-18(12-16)24-11-3-10-23-24/h2-12,19,25H,13-14H2,1H3,(H2,21,22,26). The van der Waals surface area contributed by atoms with Gasteiger partial charge in [-0.2, -0.15) is 5.10 Å². The molecule has 1 atom stereocenters. The Balaban J connectivity index is 1.48. The Morgan fingerprint density at radius 3 is 2.69 bits per heavy atom. The molecule has 0 saturated heterocycles. The second kappa shape index (κ2) is 8.31. The van der Waals surface area contributed by atoms with Crippen LogP contribution in [0.25, 0.3) is 5.69 Å². The van der Waals surface area contributed by atoms with Gasteiger partial charge in [0.25, 0.3) is 0 Å². The van der Waals surface area contributed by atoms with Gasteiger partial charge in [-0.25, -0.2) is 9.48 Å². The first-order valence-corrected chi connectivity index (χ1v) is 8.47. The first kappa shape index (κ1) is 17.7. The van der Waals surface area contributed by atoms with Crippen LogP contribution in [-0.4, -0.2) is 27.5 Å². The molecule has 3 N–H and O–H groups in total. The lowest BCUT2D eigenvalue weighted by molar-refractivity contribution is 0.173. The van der Waals surface area contributed by atoms with Gasteiger partial charge >= 0.3 is 6.03 Å². The van der Waals surface area contributed by atoms with E-state index < -0.39 is 6.10 Å². The Bertz CT molecular complexity index is 845. The van der Waals surface area contributed by atoms with Crippen LogP contribution in [0.3, 0.4) is 0 Å². The Morgan fingerprint density at radius 2 is 1.96 bits per heavy atom. The fourth-order valence-corrected chi connectivity index (χ4v) is 2.57. The monoisotopic (exact) mass is 350 g/mol. The predicted molar refractivity (Wildman–Crippen MR) is 99.9 cm³/mol. The number of amides is 2. The summed E-state index contributed by atoms with van der Waals surface area (Å²) in [6, 6.07) is 16.9. The molecule has 0 aliphatic heterocycles. The van der Waals surface area contributed by atoms with Gasteiger partial charge in [0.2, 0.25) is 0 Å². The molecule has 0 saturated carbocycles. The summed E-state index contributed by atoms with van der Waals surface area (Å²) >= 11 is 0. The number of rotatable bonds is 6. The molecule has 26 heavy (non-hydrogen) atoms. The van der Waals surface area contributed by atoms with Crippen LogP contribution >= 0.6 is 0 Å². The highest BCUT2D eigenvalue weighted by atomic mass is 16.3. The lowest BCUT2D eigenvalue weighted by Crippen LogP contribution is -2.37. The minimum atomic E-state index is -0.732. The number of aliphatic hydroxyl groups excluding tert-OH is 1. The Kier molecular flexibility index (Phi) is 5.66. The minimum absolute atomic E-state index is 0.155. The Labute approximate surface area is 152 Å². The molecule has 0 aliphatic carbocycles. The topological polar surface area (TPSA) is 79.2 Å². The van der Waals surface area contributed by atoms with Crippen LogP contribution in [-0.2, 0) is 6.54 Å². The number of urea groups is 1. The van der Waals surface area contributed by atoms with E-state index in [1.54, 1.807) is 10.9 Å². The largest absolute Gasteiger partial charge is 0.387 e. The Hall–Kier alpha value is -3.12. The highest BCUT2D eigenvalue weighted by Crippen LogP contribution is 2.12. The van der Waals surface area contributed by atoms with E-state index >= 15 is 0 Å². The van der Waals surface area contributed by atoms with Crippen LogP contribution in [0, 0.1) is 6.92 Å². The second-order valence-corrected chi connectivity index (χ2v) is 6.11. The van der Waals surface area contributed by atoms with Crippen molar-refractivity contribution < 1.29 is 9.90 Å². The van der Waals surface area contributed by atoms with Crippen molar-refractivity contribution in [1.29, 1.82) is 0 Å². The number of carbonyl (C=O) groups is 1. The normalized spacial score (nSPS) is 11.8. The molecule has 0 spiro atoms. The highest BCUT2D eigenvalue weighted by molar-refractivity contribution is 5.73. The number of aromatic nitrogens is 2. The molecule has 1 unspecified atom stereocenters. The summed E-state index contributed by atoms with van der Waals surface area (Å²) in [5.41, 5.74) is 3.81. The Morgan fingerprint density at radius 1 is 1.15 bits per heavy atom. The first-order valence-electron chi connectivity index (χ1n) is 8.47. The first-order chi connectivity index (χ1) is 12.6. The molecular weight excluding hydrogens is 328 g/mol. The zero-order valence-corrected chi connectivity index (χ0v) is 14.6. The molecule has 6 nitrogen and oxygen atoms in total. The van der Waals surface area contributed by atoms with Crippen molar-refractivity contribution in [2.75, 3.05) is 6.54 Å². The van der Waals surface area contributed by atoms with Gasteiger partial charge in [0.15, 0.2) is 0 Å². The maximum absolute atomic E-state index is 12.0. The summed E-state index contributed by atoms with van der Waals surface area (Å²) in [5.74, 6) is 0. The summed E-state index contributed by atoms with van der Waals surface area (Å²) in [6.07, 6.45) is 2.85. The maximum Gasteiger partial charge on any atom is 0.315 e. The van der Waals surface area contributed by atoms with Gasteiger partial charge in [-0.05, 0) is 36.2 Å². The van der Waals surface area contributed by atoms with Gasteiger partial charge in [-0.3, -0.25) is 0 Å². The third-order valence-corrected chi connectivity index (χ3v) is 4.05. The van der Waals surface area contributed by atoms with Gasteiger partial charge in [-0.15, -0.1) is 0 Å². The van der Waals surface area contributed by atoms with Crippen molar-refractivity contribution in [2.45, 2.75) is 19.6 Å². The molecule has 0 radical (unpaired) electrons. The summed E-state index contributed by atoms with van der Waals surface area (Å²) in [4.78, 5) is 12.0. The maximum atomic E-state index is 12.0. The van der Waals surface area contributed by atoms with Crippen LogP contribution in [0.5, 0.6) is 0 Å². The number of benzene rings is 2. The number of nitrogens with zero attached hydrogens (tertiary/aromatic N) is 2. The summed E-state index contributed by atoms with van der Waals surface area (Å²) < 4.78 is 1.77.